The van der Waals surface area contributed by atoms with E-state index in [2.05, 4.69) is 36.3 Å². The monoisotopic (exact) mass is 445 g/mol. The van der Waals surface area contributed by atoms with Crippen molar-refractivity contribution in [2.45, 2.75) is 6.42 Å². The maximum absolute atomic E-state index is 11.9. The summed E-state index contributed by atoms with van der Waals surface area (Å²) in [6.07, 6.45) is 1.69. The molecule has 2 rings (SSSR count). The maximum atomic E-state index is 11.9. The van der Waals surface area contributed by atoms with Gasteiger partial charge in [0.05, 0.1) is 14.7 Å². The molecule has 0 saturated heterocycles. The highest BCUT2D eigenvalue weighted by atomic mass is 79.9. The van der Waals surface area contributed by atoms with Crippen LogP contribution >= 0.6 is 31.9 Å². The van der Waals surface area contributed by atoms with Gasteiger partial charge in [0.25, 0.3) is 10.0 Å². The standard InChI is InChI=1S/C15H13Br2NO3S/c16-13-8-12(9-14(17)15(13)19)10-18-22(20,21)7-6-11-4-2-1-3-5-11/h1-5,8-10,19H,6-7H2. The van der Waals surface area contributed by atoms with E-state index in [1.54, 1.807) is 12.1 Å². The van der Waals surface area contributed by atoms with E-state index in [4.69, 9.17) is 0 Å². The Morgan fingerprint density at radius 1 is 1.09 bits per heavy atom. The highest BCUT2D eigenvalue weighted by Gasteiger charge is 2.09. The van der Waals surface area contributed by atoms with Gasteiger partial charge in [-0.2, -0.15) is 4.40 Å². The summed E-state index contributed by atoms with van der Waals surface area (Å²) < 4.78 is 28.5. The number of sulfonamides is 1. The van der Waals surface area contributed by atoms with E-state index in [1.165, 1.54) is 6.21 Å². The minimum atomic E-state index is -3.54. The van der Waals surface area contributed by atoms with Crippen molar-refractivity contribution in [1.29, 1.82) is 0 Å². The lowest BCUT2D eigenvalue weighted by molar-refractivity contribution is 0.468. The number of hydrogen-bond acceptors (Lipinski definition) is 3. The minimum absolute atomic E-state index is 0.0477. The number of aromatic hydroxyl groups is 1. The Hall–Kier alpha value is -1.18. The molecule has 7 heteroatoms. The van der Waals surface area contributed by atoms with Crippen molar-refractivity contribution >= 4 is 48.1 Å². The van der Waals surface area contributed by atoms with Crippen LogP contribution in [0.2, 0.25) is 0 Å². The van der Waals surface area contributed by atoms with Crippen LogP contribution < -0.4 is 0 Å². The van der Waals surface area contributed by atoms with Gasteiger partial charge in [-0.05, 0) is 61.5 Å². The van der Waals surface area contributed by atoms with Gasteiger partial charge in [0, 0.05) is 6.21 Å². The van der Waals surface area contributed by atoms with Gasteiger partial charge in [-0.3, -0.25) is 0 Å². The van der Waals surface area contributed by atoms with Crippen molar-refractivity contribution < 1.29 is 13.5 Å². The van der Waals surface area contributed by atoms with Crippen LogP contribution in [0.1, 0.15) is 11.1 Å². The molecule has 1 N–H and O–H groups in total. The van der Waals surface area contributed by atoms with Gasteiger partial charge < -0.3 is 5.11 Å². The van der Waals surface area contributed by atoms with Gasteiger partial charge in [0.2, 0.25) is 0 Å². The molecule has 116 valence electrons. The largest absolute Gasteiger partial charge is 0.506 e. The third kappa shape index (κ3) is 4.93. The zero-order valence-corrected chi connectivity index (χ0v) is 15.4. The Morgan fingerprint density at radius 2 is 1.68 bits per heavy atom. The van der Waals surface area contributed by atoms with Crippen molar-refractivity contribution in [2.24, 2.45) is 4.40 Å². The summed E-state index contributed by atoms with van der Waals surface area (Å²) in [6, 6.07) is 12.6. The summed E-state index contributed by atoms with van der Waals surface area (Å²) in [5, 5.41) is 9.61. The van der Waals surface area contributed by atoms with Gasteiger partial charge in [-0.25, -0.2) is 8.42 Å². The molecule has 0 amide bonds. The third-order valence-corrected chi connectivity index (χ3v) is 5.25. The first kappa shape index (κ1) is 17.2. The Balaban J connectivity index is 2.08. The van der Waals surface area contributed by atoms with E-state index < -0.39 is 10.0 Å². The molecule has 22 heavy (non-hydrogen) atoms. The molecule has 4 nitrogen and oxygen atoms in total. The number of phenolic OH excluding ortho intramolecular Hbond substituents is 1. The number of halogens is 2. The molecule has 0 saturated carbocycles. The third-order valence-electron chi connectivity index (χ3n) is 2.89. The van der Waals surface area contributed by atoms with E-state index in [0.29, 0.717) is 20.9 Å². The van der Waals surface area contributed by atoms with Crippen LogP contribution in [0.3, 0.4) is 0 Å². The highest BCUT2D eigenvalue weighted by Crippen LogP contribution is 2.32. The number of nitrogens with zero attached hydrogens (tertiary/aromatic N) is 1. The van der Waals surface area contributed by atoms with Crippen LogP contribution in [-0.2, 0) is 16.4 Å². The average Bonchev–Trinajstić information content (AvgIpc) is 2.50. The van der Waals surface area contributed by atoms with Gasteiger partial charge >= 0.3 is 0 Å². The molecule has 0 fully saturated rings. The topological polar surface area (TPSA) is 66.7 Å². The first-order valence-corrected chi connectivity index (χ1v) is 9.57. The first-order chi connectivity index (χ1) is 10.4. The summed E-state index contributed by atoms with van der Waals surface area (Å²) in [5.41, 5.74) is 1.52. The smallest absolute Gasteiger partial charge is 0.253 e. The van der Waals surface area contributed by atoms with Gasteiger partial charge in [0.1, 0.15) is 5.75 Å². The number of hydrogen-bond donors (Lipinski definition) is 1. The van der Waals surface area contributed by atoms with Crippen LogP contribution in [0.25, 0.3) is 0 Å². The Morgan fingerprint density at radius 3 is 2.27 bits per heavy atom. The minimum Gasteiger partial charge on any atom is -0.506 e. The molecule has 0 aliphatic heterocycles. The molecule has 0 radical (unpaired) electrons. The van der Waals surface area contributed by atoms with Crippen molar-refractivity contribution in [3.05, 3.63) is 62.5 Å². The summed E-state index contributed by atoms with van der Waals surface area (Å²) in [4.78, 5) is 0. The Bertz CT molecular complexity index is 767. The SMILES string of the molecule is O=S(=O)(CCc1ccccc1)N=Cc1cc(Br)c(O)c(Br)c1. The maximum Gasteiger partial charge on any atom is 0.253 e. The average molecular weight is 447 g/mol. The van der Waals surface area contributed by atoms with Crippen LogP contribution in [-0.4, -0.2) is 25.5 Å². The van der Waals surface area contributed by atoms with Gasteiger partial charge in [-0.15, -0.1) is 0 Å². The second-order valence-electron chi connectivity index (χ2n) is 4.59. The van der Waals surface area contributed by atoms with Crippen LogP contribution in [0.4, 0.5) is 0 Å². The van der Waals surface area contributed by atoms with Crippen molar-refractivity contribution in [2.75, 3.05) is 5.75 Å². The molecule has 0 aromatic heterocycles. The van der Waals surface area contributed by atoms with Crippen molar-refractivity contribution in [1.82, 2.24) is 0 Å². The predicted molar refractivity (Wildman–Crippen MR) is 95.0 cm³/mol. The van der Waals surface area contributed by atoms with E-state index in [-0.39, 0.29) is 11.5 Å². The lowest BCUT2D eigenvalue weighted by atomic mass is 10.2. The molecule has 2 aromatic rings. The number of aryl methyl sites for hydroxylation is 1. The van der Waals surface area contributed by atoms with Gasteiger partial charge in [-0.1, -0.05) is 30.3 Å². The fraction of sp³-hybridized carbons (Fsp3) is 0.133. The highest BCUT2D eigenvalue weighted by molar-refractivity contribution is 9.11. The predicted octanol–water partition coefficient (Wildman–Crippen LogP) is 3.91. The van der Waals surface area contributed by atoms with Crippen LogP contribution in [0, 0.1) is 0 Å². The lowest BCUT2D eigenvalue weighted by Gasteiger charge is -2.02. The van der Waals surface area contributed by atoms with E-state index in [0.717, 1.165) is 5.56 Å². The lowest BCUT2D eigenvalue weighted by Crippen LogP contribution is -2.06. The Labute approximate surface area is 146 Å². The van der Waals surface area contributed by atoms with Crippen LogP contribution in [0.15, 0.2) is 55.8 Å². The molecule has 2 aromatic carbocycles. The second kappa shape index (κ2) is 7.39. The molecule has 0 aliphatic rings. The van der Waals surface area contributed by atoms with E-state index in [1.807, 2.05) is 30.3 Å². The molecule has 0 heterocycles. The first-order valence-electron chi connectivity index (χ1n) is 6.37. The van der Waals surface area contributed by atoms with Gasteiger partial charge in [0.15, 0.2) is 0 Å². The normalized spacial score (nSPS) is 11.9. The molecular formula is C15H13Br2NO3S. The molecule has 0 unspecified atom stereocenters. The second-order valence-corrected chi connectivity index (χ2v) is 8.08. The number of phenols is 1. The number of rotatable bonds is 5. The summed E-state index contributed by atoms with van der Waals surface area (Å²) in [6.45, 7) is 0. The molecule has 0 bridgehead atoms. The number of benzene rings is 2. The molecular weight excluding hydrogens is 434 g/mol. The summed E-state index contributed by atoms with van der Waals surface area (Å²) in [5.74, 6) is 0.0117. The molecule has 0 aliphatic carbocycles. The quantitative estimate of drug-likeness (QED) is 0.708. The zero-order valence-electron chi connectivity index (χ0n) is 11.4. The molecule has 0 atom stereocenters. The van der Waals surface area contributed by atoms with Crippen molar-refractivity contribution in [3.8, 4) is 5.75 Å². The summed E-state index contributed by atoms with van der Waals surface area (Å²) in [7, 11) is -3.54. The fourth-order valence-corrected chi connectivity index (χ4v) is 3.85. The van der Waals surface area contributed by atoms with Crippen LogP contribution in [0.5, 0.6) is 5.75 Å². The van der Waals surface area contributed by atoms with Crippen molar-refractivity contribution in [3.63, 3.8) is 0 Å². The van der Waals surface area contributed by atoms with E-state index >= 15 is 0 Å². The summed E-state index contributed by atoms with van der Waals surface area (Å²) >= 11 is 6.38. The Kier molecular flexibility index (Phi) is 5.77. The fourth-order valence-electron chi connectivity index (χ4n) is 1.75. The molecule has 0 spiro atoms. The zero-order chi connectivity index (χ0) is 16.2. The van der Waals surface area contributed by atoms with E-state index in [9.17, 15) is 13.5 Å².